The van der Waals surface area contributed by atoms with Crippen LogP contribution >= 0.6 is 11.3 Å². The van der Waals surface area contributed by atoms with Crippen LogP contribution in [0.4, 0.5) is 11.4 Å². The van der Waals surface area contributed by atoms with Gasteiger partial charge in [-0.05, 0) is 53.2 Å². The molecule has 0 spiro atoms. The molecule has 0 N–H and O–H groups in total. The van der Waals surface area contributed by atoms with Gasteiger partial charge < -0.3 is 9.80 Å². The Morgan fingerprint density at radius 2 is 1.32 bits per heavy atom. The predicted molar refractivity (Wildman–Crippen MR) is 112 cm³/mol. The Hall–Kier alpha value is -2.59. The van der Waals surface area contributed by atoms with Gasteiger partial charge in [0.2, 0.25) is 0 Å². The maximum atomic E-state index is 13.0. The lowest BCUT2D eigenvalue weighted by Crippen LogP contribution is -2.09. The maximum absolute atomic E-state index is 13.0. The summed E-state index contributed by atoms with van der Waals surface area (Å²) in [5, 5.41) is 3.87. The second-order valence-electron chi connectivity index (χ2n) is 6.78. The van der Waals surface area contributed by atoms with E-state index in [1.165, 1.54) is 0 Å². The van der Waals surface area contributed by atoms with E-state index in [1.54, 1.807) is 11.3 Å². The fraction of sp³-hybridized carbons (Fsp3) is 0.190. The number of anilines is 2. The standard InChI is InChI=1S/C21H20N2OS/c1-22(2)15-6-5-13-10-18-19(11-14(13)9-15)25-20-12-16(23(3)4)7-8-17(20)21(18)24/h5-12H,1-4H3. The first kappa shape index (κ1) is 15.9. The normalized spacial score (nSPS) is 11.4. The predicted octanol–water partition coefficient (Wildman–Crippen LogP) is 4.70. The molecule has 0 aliphatic heterocycles. The first-order chi connectivity index (χ1) is 11.9. The SMILES string of the molecule is CN(C)c1ccc2cc3c(=O)c4ccc(N(C)C)cc4sc3cc2c1. The lowest BCUT2D eigenvalue weighted by molar-refractivity contribution is 1.14. The highest BCUT2D eigenvalue weighted by molar-refractivity contribution is 7.24. The molecule has 0 saturated heterocycles. The Morgan fingerprint density at radius 1 is 0.680 bits per heavy atom. The van der Waals surface area contributed by atoms with Crippen LogP contribution < -0.4 is 15.2 Å². The van der Waals surface area contributed by atoms with Crippen LogP contribution in [0.1, 0.15) is 0 Å². The fourth-order valence-electron chi connectivity index (χ4n) is 3.13. The van der Waals surface area contributed by atoms with Crippen molar-refractivity contribution in [1.82, 2.24) is 0 Å². The zero-order valence-corrected chi connectivity index (χ0v) is 15.6. The smallest absolute Gasteiger partial charge is 0.195 e. The van der Waals surface area contributed by atoms with E-state index in [9.17, 15) is 4.79 Å². The van der Waals surface area contributed by atoms with E-state index >= 15 is 0 Å². The minimum Gasteiger partial charge on any atom is -0.378 e. The van der Waals surface area contributed by atoms with Crippen LogP contribution in [0, 0.1) is 0 Å². The minimum absolute atomic E-state index is 0.118. The molecule has 0 amide bonds. The van der Waals surface area contributed by atoms with Gasteiger partial charge in [0.1, 0.15) is 0 Å². The highest BCUT2D eigenvalue weighted by atomic mass is 32.1. The van der Waals surface area contributed by atoms with Gasteiger partial charge in [-0.2, -0.15) is 0 Å². The van der Waals surface area contributed by atoms with E-state index in [2.05, 4.69) is 40.1 Å². The maximum Gasteiger partial charge on any atom is 0.195 e. The third kappa shape index (κ3) is 2.63. The summed E-state index contributed by atoms with van der Waals surface area (Å²) in [7, 11) is 8.11. The molecule has 0 atom stereocenters. The molecule has 25 heavy (non-hydrogen) atoms. The lowest BCUT2D eigenvalue weighted by atomic mass is 10.1. The van der Waals surface area contributed by atoms with Gasteiger partial charge in [-0.1, -0.05) is 6.07 Å². The molecule has 0 saturated carbocycles. The zero-order chi connectivity index (χ0) is 17.7. The summed E-state index contributed by atoms with van der Waals surface area (Å²) in [5.41, 5.74) is 2.39. The Labute approximate surface area is 150 Å². The van der Waals surface area contributed by atoms with Gasteiger partial charge in [0, 0.05) is 59.7 Å². The molecular formula is C21H20N2OS. The van der Waals surface area contributed by atoms with Crippen molar-refractivity contribution in [3.8, 4) is 0 Å². The molecule has 0 radical (unpaired) electrons. The molecule has 0 fully saturated rings. The van der Waals surface area contributed by atoms with E-state index in [0.717, 1.165) is 42.3 Å². The quantitative estimate of drug-likeness (QED) is 0.491. The van der Waals surface area contributed by atoms with Gasteiger partial charge in [0.05, 0.1) is 0 Å². The molecule has 4 heteroatoms. The Bertz CT molecular complexity index is 1170. The molecule has 4 aromatic rings. The average molecular weight is 348 g/mol. The van der Waals surface area contributed by atoms with Crippen LogP contribution in [0.15, 0.2) is 53.3 Å². The molecule has 0 unspecified atom stereocenters. The van der Waals surface area contributed by atoms with Gasteiger partial charge in [-0.15, -0.1) is 11.3 Å². The molecule has 126 valence electrons. The van der Waals surface area contributed by atoms with E-state index in [0.29, 0.717) is 0 Å². The minimum atomic E-state index is 0.118. The second-order valence-corrected chi connectivity index (χ2v) is 7.86. The van der Waals surface area contributed by atoms with E-state index in [-0.39, 0.29) is 5.43 Å². The number of benzene rings is 3. The number of nitrogens with zero attached hydrogens (tertiary/aromatic N) is 2. The number of hydrogen-bond donors (Lipinski definition) is 0. The van der Waals surface area contributed by atoms with Crippen molar-refractivity contribution >= 4 is 53.7 Å². The van der Waals surface area contributed by atoms with Gasteiger partial charge in [0.25, 0.3) is 0 Å². The van der Waals surface area contributed by atoms with Crippen LogP contribution in [-0.2, 0) is 0 Å². The largest absolute Gasteiger partial charge is 0.378 e. The first-order valence-corrected chi connectivity index (χ1v) is 9.05. The number of hydrogen-bond acceptors (Lipinski definition) is 4. The van der Waals surface area contributed by atoms with E-state index in [4.69, 9.17) is 0 Å². The van der Waals surface area contributed by atoms with Crippen molar-refractivity contribution in [2.24, 2.45) is 0 Å². The van der Waals surface area contributed by atoms with Crippen LogP contribution in [-0.4, -0.2) is 28.2 Å². The van der Waals surface area contributed by atoms with Crippen LogP contribution in [0.2, 0.25) is 0 Å². The van der Waals surface area contributed by atoms with Crippen LogP contribution in [0.25, 0.3) is 30.9 Å². The van der Waals surface area contributed by atoms with Crippen molar-refractivity contribution in [3.05, 3.63) is 58.8 Å². The summed E-state index contributed by atoms with van der Waals surface area (Å²) in [6.45, 7) is 0. The summed E-state index contributed by atoms with van der Waals surface area (Å²) in [4.78, 5) is 17.1. The molecule has 1 aromatic heterocycles. The fourth-order valence-corrected chi connectivity index (χ4v) is 4.26. The van der Waals surface area contributed by atoms with Crippen LogP contribution in [0.5, 0.6) is 0 Å². The van der Waals surface area contributed by atoms with Gasteiger partial charge in [0.15, 0.2) is 5.43 Å². The highest BCUT2D eigenvalue weighted by Gasteiger charge is 2.09. The van der Waals surface area contributed by atoms with Crippen molar-refractivity contribution in [1.29, 1.82) is 0 Å². The van der Waals surface area contributed by atoms with Crippen molar-refractivity contribution in [2.45, 2.75) is 0 Å². The van der Waals surface area contributed by atoms with Crippen molar-refractivity contribution in [2.75, 3.05) is 38.0 Å². The number of rotatable bonds is 2. The highest BCUT2D eigenvalue weighted by Crippen LogP contribution is 2.31. The van der Waals surface area contributed by atoms with Crippen molar-refractivity contribution < 1.29 is 0 Å². The topological polar surface area (TPSA) is 23.6 Å². The molecule has 1 heterocycles. The summed E-state index contributed by atoms with van der Waals surface area (Å²) in [6.07, 6.45) is 0. The number of fused-ring (bicyclic) bond motifs is 3. The van der Waals surface area contributed by atoms with Gasteiger partial charge in [-0.25, -0.2) is 0 Å². The second kappa shape index (κ2) is 5.74. The van der Waals surface area contributed by atoms with Crippen LogP contribution in [0.3, 0.4) is 0 Å². The molecule has 0 aliphatic carbocycles. The summed E-state index contributed by atoms with van der Waals surface area (Å²) in [6, 6.07) is 16.6. The monoisotopic (exact) mass is 348 g/mol. The van der Waals surface area contributed by atoms with E-state index in [1.807, 2.05) is 46.4 Å². The molecule has 3 aromatic carbocycles. The van der Waals surface area contributed by atoms with Gasteiger partial charge in [-0.3, -0.25) is 4.79 Å². The molecule has 0 aliphatic rings. The molecule has 4 rings (SSSR count). The Balaban J connectivity index is 2.06. The zero-order valence-electron chi connectivity index (χ0n) is 14.8. The third-order valence-electron chi connectivity index (χ3n) is 4.63. The first-order valence-electron chi connectivity index (χ1n) is 8.23. The molecule has 0 bridgehead atoms. The average Bonchev–Trinajstić information content (AvgIpc) is 2.59. The molecule has 3 nitrogen and oxygen atoms in total. The Morgan fingerprint density at radius 3 is 2.04 bits per heavy atom. The third-order valence-corrected chi connectivity index (χ3v) is 5.74. The Kier molecular flexibility index (Phi) is 3.65. The summed E-state index contributed by atoms with van der Waals surface area (Å²) < 4.78 is 2.07. The van der Waals surface area contributed by atoms with Crippen molar-refractivity contribution in [3.63, 3.8) is 0 Å². The van der Waals surface area contributed by atoms with E-state index < -0.39 is 0 Å². The lowest BCUT2D eigenvalue weighted by Gasteiger charge is -2.14. The molecular weight excluding hydrogens is 328 g/mol. The summed E-state index contributed by atoms with van der Waals surface area (Å²) in [5.74, 6) is 0. The summed E-state index contributed by atoms with van der Waals surface area (Å²) >= 11 is 1.69. The van der Waals surface area contributed by atoms with Gasteiger partial charge >= 0.3 is 0 Å².